The van der Waals surface area contributed by atoms with Crippen molar-refractivity contribution in [2.24, 2.45) is 0 Å². The van der Waals surface area contributed by atoms with E-state index in [1.807, 2.05) is 45.3 Å². The summed E-state index contributed by atoms with van der Waals surface area (Å²) in [7, 11) is 5.62. The quantitative estimate of drug-likeness (QED) is 0.258. The lowest BCUT2D eigenvalue weighted by atomic mass is 10.1. The summed E-state index contributed by atoms with van der Waals surface area (Å²) < 4.78 is 39.4. The average Bonchev–Trinajstić information content (AvgIpc) is 2.96. The van der Waals surface area contributed by atoms with Crippen LogP contribution in [0.3, 0.4) is 0 Å². The summed E-state index contributed by atoms with van der Waals surface area (Å²) in [5, 5.41) is 5.85. The number of alkyl halides is 3. The van der Waals surface area contributed by atoms with Crippen LogP contribution in [0.4, 0.5) is 46.8 Å². The number of fused-ring (bicyclic) bond motifs is 1. The lowest BCUT2D eigenvalue weighted by Gasteiger charge is -2.35. The summed E-state index contributed by atoms with van der Waals surface area (Å²) in [6.45, 7) is 2.79. The standard InChI is InChI=1S/C31H30F3N7O2/c1-19-11-12-25(36-28(42)21-8-6-9-23(14-21)31(32,33)34)15-26(19)41-18-22-16-35-29(38-27(22)40(4)30(41)43)37-24-10-5-7-20(13-24)17-39(2)3/h5-16H,17-18H2,1-4H3,(H,36,42)(H,35,37,38). The fraction of sp³-hybridized carbons (Fsp3) is 0.226. The molecule has 12 heteroatoms. The summed E-state index contributed by atoms with van der Waals surface area (Å²) in [6, 6.07) is 16.8. The first-order valence-electron chi connectivity index (χ1n) is 13.4. The van der Waals surface area contributed by atoms with Crippen molar-refractivity contribution in [1.29, 1.82) is 0 Å². The minimum Gasteiger partial charge on any atom is -0.324 e. The number of carbonyl (C=O) groups excluding carboxylic acids is 2. The number of aromatic nitrogens is 2. The predicted octanol–water partition coefficient (Wildman–Crippen LogP) is 6.44. The van der Waals surface area contributed by atoms with Gasteiger partial charge in [0.15, 0.2) is 0 Å². The van der Waals surface area contributed by atoms with Crippen LogP contribution in [0.25, 0.3) is 0 Å². The van der Waals surface area contributed by atoms with Crippen LogP contribution in [0.5, 0.6) is 0 Å². The first-order chi connectivity index (χ1) is 20.4. The zero-order valence-corrected chi connectivity index (χ0v) is 24.0. The first kappa shape index (κ1) is 29.5. The smallest absolute Gasteiger partial charge is 0.324 e. The van der Waals surface area contributed by atoms with Crippen LogP contribution >= 0.6 is 0 Å². The van der Waals surface area contributed by atoms with Crippen LogP contribution in [0.2, 0.25) is 0 Å². The van der Waals surface area contributed by atoms with E-state index in [-0.39, 0.29) is 18.1 Å². The Labute approximate surface area is 247 Å². The van der Waals surface area contributed by atoms with Gasteiger partial charge in [-0.1, -0.05) is 24.3 Å². The van der Waals surface area contributed by atoms with Crippen molar-refractivity contribution >= 4 is 40.8 Å². The molecule has 1 aliphatic rings. The average molecular weight is 590 g/mol. The number of nitrogens with zero attached hydrogens (tertiary/aromatic N) is 5. The van der Waals surface area contributed by atoms with Gasteiger partial charge < -0.3 is 15.5 Å². The molecule has 0 radical (unpaired) electrons. The second-order valence-corrected chi connectivity index (χ2v) is 10.6. The van der Waals surface area contributed by atoms with Gasteiger partial charge in [0.2, 0.25) is 5.95 Å². The molecule has 3 aromatic carbocycles. The number of anilines is 5. The number of benzene rings is 3. The van der Waals surface area contributed by atoms with Crippen molar-refractivity contribution in [3.63, 3.8) is 0 Å². The van der Waals surface area contributed by atoms with E-state index in [0.29, 0.717) is 28.7 Å². The number of aryl methyl sites for hydroxylation is 1. The molecule has 0 unspecified atom stereocenters. The molecule has 2 N–H and O–H groups in total. The molecule has 43 heavy (non-hydrogen) atoms. The zero-order valence-electron chi connectivity index (χ0n) is 24.0. The Morgan fingerprint density at radius 3 is 2.53 bits per heavy atom. The molecule has 1 aromatic heterocycles. The molecule has 0 saturated carbocycles. The van der Waals surface area contributed by atoms with Gasteiger partial charge in [-0.15, -0.1) is 0 Å². The van der Waals surface area contributed by atoms with E-state index in [2.05, 4.69) is 25.5 Å². The monoisotopic (exact) mass is 589 g/mol. The molecule has 0 aliphatic carbocycles. The van der Waals surface area contributed by atoms with Crippen molar-refractivity contribution in [1.82, 2.24) is 14.9 Å². The maximum atomic E-state index is 13.5. The Morgan fingerprint density at radius 1 is 1.02 bits per heavy atom. The van der Waals surface area contributed by atoms with Gasteiger partial charge in [0.05, 0.1) is 17.8 Å². The fourth-order valence-corrected chi connectivity index (χ4v) is 4.82. The van der Waals surface area contributed by atoms with Gasteiger partial charge >= 0.3 is 12.2 Å². The highest BCUT2D eigenvalue weighted by Gasteiger charge is 2.32. The highest BCUT2D eigenvalue weighted by Crippen LogP contribution is 2.34. The Kier molecular flexibility index (Phi) is 8.05. The summed E-state index contributed by atoms with van der Waals surface area (Å²) in [6.07, 6.45) is -2.90. The van der Waals surface area contributed by atoms with E-state index < -0.39 is 17.6 Å². The highest BCUT2D eigenvalue weighted by molar-refractivity contribution is 6.07. The van der Waals surface area contributed by atoms with E-state index in [1.54, 1.807) is 36.3 Å². The van der Waals surface area contributed by atoms with Gasteiger partial charge in [-0.2, -0.15) is 18.2 Å². The van der Waals surface area contributed by atoms with Gasteiger partial charge in [-0.05, 0) is 74.6 Å². The van der Waals surface area contributed by atoms with E-state index >= 15 is 0 Å². The molecule has 0 fully saturated rings. The number of urea groups is 1. The van der Waals surface area contributed by atoms with Gasteiger partial charge in [0.25, 0.3) is 5.91 Å². The fourth-order valence-electron chi connectivity index (χ4n) is 4.82. The van der Waals surface area contributed by atoms with Crippen molar-refractivity contribution in [3.8, 4) is 0 Å². The molecule has 2 heterocycles. The number of hydrogen-bond donors (Lipinski definition) is 2. The normalized spacial score (nSPS) is 13.3. The maximum absolute atomic E-state index is 13.5. The molecule has 0 saturated heterocycles. The molecule has 222 valence electrons. The van der Waals surface area contributed by atoms with E-state index in [1.165, 1.54) is 17.0 Å². The van der Waals surface area contributed by atoms with Crippen molar-refractivity contribution < 1.29 is 22.8 Å². The molecule has 1 aliphatic heterocycles. The molecule has 4 aromatic rings. The van der Waals surface area contributed by atoms with Gasteiger partial charge in [-0.25, -0.2) is 9.78 Å². The third kappa shape index (κ3) is 6.59. The van der Waals surface area contributed by atoms with Crippen molar-refractivity contribution in [2.75, 3.05) is 41.6 Å². The molecule has 5 rings (SSSR count). The highest BCUT2D eigenvalue weighted by atomic mass is 19.4. The first-order valence-corrected chi connectivity index (χ1v) is 13.4. The molecular formula is C31H30F3N7O2. The minimum atomic E-state index is -4.57. The predicted molar refractivity (Wildman–Crippen MR) is 160 cm³/mol. The SMILES string of the molecule is Cc1ccc(NC(=O)c2cccc(C(F)(F)F)c2)cc1N1Cc2cnc(Nc3cccc(CN(C)C)c3)nc2N(C)C1=O. The Bertz CT molecular complexity index is 1690. The molecule has 0 atom stereocenters. The van der Waals surface area contributed by atoms with Crippen LogP contribution in [-0.2, 0) is 19.3 Å². The lowest BCUT2D eigenvalue weighted by Crippen LogP contribution is -2.46. The number of carbonyl (C=O) groups is 2. The van der Waals surface area contributed by atoms with E-state index in [9.17, 15) is 22.8 Å². The van der Waals surface area contributed by atoms with Crippen molar-refractivity contribution in [3.05, 3.63) is 101 Å². The Morgan fingerprint density at radius 2 is 1.79 bits per heavy atom. The largest absolute Gasteiger partial charge is 0.416 e. The van der Waals surface area contributed by atoms with E-state index in [4.69, 9.17) is 0 Å². The third-order valence-electron chi connectivity index (χ3n) is 6.90. The number of nitrogens with one attached hydrogen (secondary N) is 2. The van der Waals surface area contributed by atoms with Gasteiger partial charge in [0.1, 0.15) is 5.82 Å². The molecule has 0 spiro atoms. The summed E-state index contributed by atoms with van der Waals surface area (Å²) in [5.41, 5.74) is 3.24. The van der Waals surface area contributed by atoms with Crippen LogP contribution in [0, 0.1) is 6.92 Å². The van der Waals surface area contributed by atoms with E-state index in [0.717, 1.165) is 35.5 Å². The van der Waals surface area contributed by atoms with Crippen LogP contribution < -0.4 is 20.4 Å². The van der Waals surface area contributed by atoms with Crippen molar-refractivity contribution in [2.45, 2.75) is 26.2 Å². The second-order valence-electron chi connectivity index (χ2n) is 10.6. The maximum Gasteiger partial charge on any atom is 0.416 e. The summed E-state index contributed by atoms with van der Waals surface area (Å²) in [4.78, 5) is 40.4. The van der Waals surface area contributed by atoms with Gasteiger partial charge in [0, 0.05) is 42.3 Å². The summed E-state index contributed by atoms with van der Waals surface area (Å²) >= 11 is 0. The number of amides is 3. The molecule has 0 bridgehead atoms. The number of rotatable bonds is 7. The molecule has 3 amide bonds. The zero-order chi connectivity index (χ0) is 30.9. The topological polar surface area (TPSA) is 93.7 Å². The number of halogens is 3. The Hall–Kier alpha value is -4.97. The lowest BCUT2D eigenvalue weighted by molar-refractivity contribution is -0.137. The molecular weight excluding hydrogens is 559 g/mol. The minimum absolute atomic E-state index is 0.134. The Balaban J connectivity index is 1.35. The number of hydrogen-bond acceptors (Lipinski definition) is 6. The van der Waals surface area contributed by atoms with Crippen LogP contribution in [0.15, 0.2) is 72.9 Å². The van der Waals surface area contributed by atoms with Crippen LogP contribution in [0.1, 0.15) is 32.6 Å². The molecule has 9 nitrogen and oxygen atoms in total. The summed E-state index contributed by atoms with van der Waals surface area (Å²) in [5.74, 6) is 0.119. The van der Waals surface area contributed by atoms with Gasteiger partial charge in [-0.3, -0.25) is 14.6 Å². The second kappa shape index (κ2) is 11.7. The van der Waals surface area contributed by atoms with Crippen LogP contribution in [-0.4, -0.2) is 47.9 Å². The third-order valence-corrected chi connectivity index (χ3v) is 6.90.